The van der Waals surface area contributed by atoms with Crippen LogP contribution in [0.2, 0.25) is 0 Å². The summed E-state index contributed by atoms with van der Waals surface area (Å²) in [6.45, 7) is 12.8. The molecule has 0 atom stereocenters. The van der Waals surface area contributed by atoms with Crippen LogP contribution in [0.3, 0.4) is 0 Å². The van der Waals surface area contributed by atoms with Gasteiger partial charge in [-0.1, -0.05) is 20.8 Å². The van der Waals surface area contributed by atoms with E-state index in [9.17, 15) is 10.1 Å². The third-order valence-corrected chi connectivity index (χ3v) is 3.95. The largest absolute Gasteiger partial charge is 0.484 e. The van der Waals surface area contributed by atoms with Gasteiger partial charge in [0.15, 0.2) is 5.75 Å². The van der Waals surface area contributed by atoms with Crippen LogP contribution in [-0.4, -0.2) is 23.3 Å². The Morgan fingerprint density at radius 1 is 1.29 bits per heavy atom. The molecular weight excluding hydrogens is 304 g/mol. The van der Waals surface area contributed by atoms with E-state index in [1.54, 1.807) is 6.07 Å². The highest BCUT2D eigenvalue weighted by Gasteiger charge is 2.24. The standard InChI is InChI=1S/C19H26N2O3/c1-12(2)24-17-11-15(13(3)9-16(17)21(22)23)14-7-8-20-18(10-14)19(4,5)6/h9-12H,7-8H2,1-6H3. The summed E-state index contributed by atoms with van der Waals surface area (Å²) >= 11 is 0. The minimum absolute atomic E-state index is 0.0163. The Hall–Kier alpha value is -2.17. The fraction of sp³-hybridized carbons (Fsp3) is 0.526. The first-order valence-electron chi connectivity index (χ1n) is 8.31. The Balaban J connectivity index is 2.53. The summed E-state index contributed by atoms with van der Waals surface area (Å²) in [4.78, 5) is 15.6. The Labute approximate surface area is 143 Å². The Kier molecular flexibility index (Phi) is 5.11. The van der Waals surface area contributed by atoms with Crippen LogP contribution >= 0.6 is 0 Å². The minimum atomic E-state index is -0.383. The highest BCUT2D eigenvalue weighted by molar-refractivity contribution is 6.05. The smallest absolute Gasteiger partial charge is 0.311 e. The first-order chi connectivity index (χ1) is 11.1. The lowest BCUT2D eigenvalue weighted by atomic mass is 9.85. The number of nitro benzene ring substituents is 1. The molecule has 0 radical (unpaired) electrons. The van der Waals surface area contributed by atoms with Crippen molar-refractivity contribution in [1.82, 2.24) is 0 Å². The second-order valence-corrected chi connectivity index (χ2v) is 7.50. The minimum Gasteiger partial charge on any atom is -0.484 e. The SMILES string of the molecule is Cc1cc([N+](=O)[O-])c(OC(C)C)cc1C1=CC(C(C)(C)C)=NCC1. The maximum Gasteiger partial charge on any atom is 0.311 e. The van der Waals surface area contributed by atoms with Crippen molar-refractivity contribution in [2.24, 2.45) is 10.4 Å². The highest BCUT2D eigenvalue weighted by Crippen LogP contribution is 2.36. The summed E-state index contributed by atoms with van der Waals surface area (Å²) in [5.41, 5.74) is 4.12. The molecule has 0 aliphatic carbocycles. The van der Waals surface area contributed by atoms with Gasteiger partial charge in [-0.25, -0.2) is 0 Å². The van der Waals surface area contributed by atoms with Gasteiger partial charge in [-0.05, 0) is 56.0 Å². The monoisotopic (exact) mass is 330 g/mol. The molecule has 5 nitrogen and oxygen atoms in total. The fourth-order valence-corrected chi connectivity index (χ4v) is 2.76. The summed E-state index contributed by atoms with van der Waals surface area (Å²) in [7, 11) is 0. The number of ether oxygens (including phenoxy) is 1. The van der Waals surface area contributed by atoms with Gasteiger partial charge in [-0.2, -0.15) is 0 Å². The van der Waals surface area contributed by atoms with Crippen molar-refractivity contribution < 1.29 is 9.66 Å². The van der Waals surface area contributed by atoms with Crippen molar-refractivity contribution in [3.8, 4) is 5.75 Å². The van der Waals surface area contributed by atoms with E-state index < -0.39 is 0 Å². The van der Waals surface area contributed by atoms with E-state index in [2.05, 4.69) is 31.8 Å². The van der Waals surface area contributed by atoms with Crippen LogP contribution < -0.4 is 4.74 Å². The van der Waals surface area contributed by atoms with Crippen LogP contribution in [0.1, 0.15) is 52.2 Å². The Morgan fingerprint density at radius 2 is 1.96 bits per heavy atom. The zero-order valence-corrected chi connectivity index (χ0v) is 15.3. The number of rotatable bonds is 4. The molecule has 0 fully saturated rings. The van der Waals surface area contributed by atoms with Crippen molar-refractivity contribution >= 4 is 17.0 Å². The molecule has 130 valence electrons. The third kappa shape index (κ3) is 4.02. The van der Waals surface area contributed by atoms with E-state index in [4.69, 9.17) is 4.74 Å². The molecule has 0 aromatic heterocycles. The molecule has 0 saturated carbocycles. The molecule has 0 N–H and O–H groups in total. The summed E-state index contributed by atoms with van der Waals surface area (Å²) in [6, 6.07) is 3.42. The van der Waals surface area contributed by atoms with Gasteiger partial charge in [0.1, 0.15) is 0 Å². The number of benzene rings is 1. The van der Waals surface area contributed by atoms with Crippen molar-refractivity contribution in [2.45, 2.75) is 54.1 Å². The first kappa shape index (κ1) is 18.2. The van der Waals surface area contributed by atoms with E-state index in [1.165, 1.54) is 0 Å². The molecule has 1 aliphatic rings. The molecule has 0 unspecified atom stereocenters. The number of hydrogen-bond donors (Lipinski definition) is 0. The van der Waals surface area contributed by atoms with Crippen LogP contribution in [0.4, 0.5) is 5.69 Å². The predicted octanol–water partition coefficient (Wildman–Crippen LogP) is 4.96. The van der Waals surface area contributed by atoms with E-state index in [0.717, 1.165) is 35.4 Å². The predicted molar refractivity (Wildman–Crippen MR) is 97.9 cm³/mol. The third-order valence-electron chi connectivity index (χ3n) is 3.95. The quantitative estimate of drug-likeness (QED) is 0.578. The van der Waals surface area contributed by atoms with Crippen LogP contribution in [0, 0.1) is 22.5 Å². The van der Waals surface area contributed by atoms with Crippen LogP contribution in [0.15, 0.2) is 23.2 Å². The van der Waals surface area contributed by atoms with Gasteiger partial charge in [0.2, 0.25) is 0 Å². The maximum absolute atomic E-state index is 11.3. The molecule has 0 spiro atoms. The van der Waals surface area contributed by atoms with Crippen LogP contribution in [0.25, 0.3) is 5.57 Å². The van der Waals surface area contributed by atoms with Crippen LogP contribution in [-0.2, 0) is 0 Å². The fourth-order valence-electron chi connectivity index (χ4n) is 2.76. The van der Waals surface area contributed by atoms with Gasteiger partial charge in [0, 0.05) is 23.7 Å². The molecule has 1 aromatic carbocycles. The molecule has 0 saturated heterocycles. The zero-order chi connectivity index (χ0) is 18.1. The molecule has 0 amide bonds. The van der Waals surface area contributed by atoms with Crippen molar-refractivity contribution in [3.05, 3.63) is 39.4 Å². The van der Waals surface area contributed by atoms with E-state index in [1.807, 2.05) is 26.8 Å². The molecule has 0 bridgehead atoms. The first-order valence-corrected chi connectivity index (χ1v) is 8.31. The lowest BCUT2D eigenvalue weighted by Crippen LogP contribution is -2.21. The van der Waals surface area contributed by atoms with Crippen molar-refractivity contribution in [1.29, 1.82) is 0 Å². The summed E-state index contributed by atoms with van der Waals surface area (Å²) < 4.78 is 5.69. The molecule has 5 heteroatoms. The average Bonchev–Trinajstić information content (AvgIpc) is 2.47. The molecule has 1 aromatic rings. The van der Waals surface area contributed by atoms with Crippen molar-refractivity contribution in [3.63, 3.8) is 0 Å². The van der Waals surface area contributed by atoms with Gasteiger partial charge in [-0.15, -0.1) is 0 Å². The second-order valence-electron chi connectivity index (χ2n) is 7.50. The highest BCUT2D eigenvalue weighted by atomic mass is 16.6. The summed E-state index contributed by atoms with van der Waals surface area (Å²) in [5, 5.41) is 11.3. The van der Waals surface area contributed by atoms with Crippen LogP contribution in [0.5, 0.6) is 5.75 Å². The second kappa shape index (κ2) is 6.75. The molecule has 1 aliphatic heterocycles. The number of aliphatic imine (C=N–C) groups is 1. The van der Waals surface area contributed by atoms with Crippen molar-refractivity contribution in [2.75, 3.05) is 6.54 Å². The van der Waals surface area contributed by atoms with E-state index >= 15 is 0 Å². The number of allylic oxidation sites excluding steroid dienone is 1. The topological polar surface area (TPSA) is 64.7 Å². The zero-order valence-electron chi connectivity index (χ0n) is 15.3. The normalized spacial score (nSPS) is 15.1. The van der Waals surface area contributed by atoms with Gasteiger partial charge < -0.3 is 4.74 Å². The Bertz CT molecular complexity index is 710. The number of nitrogens with zero attached hydrogens (tertiary/aromatic N) is 2. The van der Waals surface area contributed by atoms with Gasteiger partial charge in [-0.3, -0.25) is 15.1 Å². The lowest BCUT2D eigenvalue weighted by molar-refractivity contribution is -0.386. The number of nitro groups is 1. The number of dihydropyridines is 1. The Morgan fingerprint density at radius 3 is 2.50 bits per heavy atom. The molecule has 1 heterocycles. The molecule has 24 heavy (non-hydrogen) atoms. The average molecular weight is 330 g/mol. The molecule has 2 rings (SSSR count). The summed E-state index contributed by atoms with van der Waals surface area (Å²) in [5.74, 6) is 0.330. The molecular formula is C19H26N2O3. The number of hydrogen-bond acceptors (Lipinski definition) is 4. The summed E-state index contributed by atoms with van der Waals surface area (Å²) in [6.07, 6.45) is 2.84. The van der Waals surface area contributed by atoms with Gasteiger partial charge in [0.25, 0.3) is 0 Å². The lowest BCUT2D eigenvalue weighted by Gasteiger charge is -2.24. The van der Waals surface area contributed by atoms with E-state index in [0.29, 0.717) is 5.75 Å². The van der Waals surface area contributed by atoms with Gasteiger partial charge in [0.05, 0.1) is 11.0 Å². The number of aryl methyl sites for hydroxylation is 1. The van der Waals surface area contributed by atoms with Gasteiger partial charge >= 0.3 is 5.69 Å². The van der Waals surface area contributed by atoms with E-state index in [-0.39, 0.29) is 22.1 Å². The maximum atomic E-state index is 11.3.